The third-order valence-electron chi connectivity index (χ3n) is 3.30. The SMILES string of the molecule is CC(N)(c1cccc(Cl)c1)c1ccc(C(F)(F)F)c(F)c1. The third-order valence-corrected chi connectivity index (χ3v) is 3.53. The van der Waals surface area contributed by atoms with Gasteiger partial charge < -0.3 is 5.73 Å². The van der Waals surface area contributed by atoms with Gasteiger partial charge >= 0.3 is 6.18 Å². The van der Waals surface area contributed by atoms with Crippen LogP contribution in [0.1, 0.15) is 23.6 Å². The van der Waals surface area contributed by atoms with Crippen LogP contribution in [0.15, 0.2) is 42.5 Å². The number of hydrogen-bond acceptors (Lipinski definition) is 1. The fraction of sp³-hybridized carbons (Fsp3) is 0.200. The molecule has 0 saturated carbocycles. The van der Waals surface area contributed by atoms with Crippen molar-refractivity contribution in [1.82, 2.24) is 0 Å². The Morgan fingerprint density at radius 1 is 1.00 bits per heavy atom. The van der Waals surface area contributed by atoms with Crippen LogP contribution in [0.3, 0.4) is 0 Å². The van der Waals surface area contributed by atoms with Gasteiger partial charge in [-0.15, -0.1) is 0 Å². The van der Waals surface area contributed by atoms with Crippen molar-refractivity contribution in [2.45, 2.75) is 18.6 Å². The van der Waals surface area contributed by atoms with Gasteiger partial charge in [0.1, 0.15) is 5.82 Å². The normalized spacial score (nSPS) is 14.8. The van der Waals surface area contributed by atoms with Crippen LogP contribution in [0.2, 0.25) is 5.02 Å². The molecule has 2 rings (SSSR count). The second-order valence-electron chi connectivity index (χ2n) is 4.91. The summed E-state index contributed by atoms with van der Waals surface area (Å²) in [4.78, 5) is 0. The number of hydrogen-bond donors (Lipinski definition) is 1. The van der Waals surface area contributed by atoms with Gasteiger partial charge in [-0.1, -0.05) is 29.8 Å². The summed E-state index contributed by atoms with van der Waals surface area (Å²) in [6.07, 6.45) is -4.73. The van der Waals surface area contributed by atoms with Gasteiger partial charge in [0.05, 0.1) is 11.1 Å². The molecule has 112 valence electrons. The van der Waals surface area contributed by atoms with Gasteiger partial charge in [0.2, 0.25) is 0 Å². The number of halogens is 5. The fourth-order valence-corrected chi connectivity index (χ4v) is 2.24. The van der Waals surface area contributed by atoms with Gasteiger partial charge in [-0.05, 0) is 42.3 Å². The minimum atomic E-state index is -4.73. The van der Waals surface area contributed by atoms with E-state index in [1.54, 1.807) is 31.2 Å². The molecule has 2 N–H and O–H groups in total. The maximum Gasteiger partial charge on any atom is 0.419 e. The molecule has 0 fully saturated rings. The van der Waals surface area contributed by atoms with Gasteiger partial charge in [0.15, 0.2) is 0 Å². The lowest BCUT2D eigenvalue weighted by molar-refractivity contribution is -0.140. The second kappa shape index (κ2) is 5.31. The van der Waals surface area contributed by atoms with Crippen molar-refractivity contribution in [3.8, 4) is 0 Å². The Morgan fingerprint density at radius 3 is 2.14 bits per heavy atom. The van der Waals surface area contributed by atoms with Crippen molar-refractivity contribution in [2.24, 2.45) is 5.73 Å². The molecular formula is C15H12ClF4N. The first-order chi connectivity index (χ1) is 9.62. The maximum absolute atomic E-state index is 13.7. The average Bonchev–Trinajstić information content (AvgIpc) is 2.37. The fourth-order valence-electron chi connectivity index (χ4n) is 2.05. The van der Waals surface area contributed by atoms with Crippen molar-refractivity contribution < 1.29 is 17.6 Å². The van der Waals surface area contributed by atoms with E-state index < -0.39 is 23.1 Å². The standard InChI is InChI=1S/C15H12ClF4N/c1-14(21,9-3-2-4-11(16)7-9)10-5-6-12(13(17)8-10)15(18,19)20/h2-8H,21H2,1H3. The molecule has 0 aliphatic rings. The molecule has 0 spiro atoms. The number of benzene rings is 2. The molecule has 2 aromatic carbocycles. The molecule has 0 aliphatic carbocycles. The second-order valence-corrected chi connectivity index (χ2v) is 5.34. The molecule has 0 amide bonds. The first-order valence-corrected chi connectivity index (χ1v) is 6.42. The topological polar surface area (TPSA) is 26.0 Å². The van der Waals surface area contributed by atoms with Crippen LogP contribution in [-0.4, -0.2) is 0 Å². The van der Waals surface area contributed by atoms with E-state index in [-0.39, 0.29) is 5.56 Å². The molecule has 0 aliphatic heterocycles. The van der Waals surface area contributed by atoms with Crippen LogP contribution < -0.4 is 5.73 Å². The van der Waals surface area contributed by atoms with E-state index in [9.17, 15) is 17.6 Å². The minimum Gasteiger partial charge on any atom is -0.318 e. The lowest BCUT2D eigenvalue weighted by atomic mass is 9.85. The quantitative estimate of drug-likeness (QED) is 0.797. The molecule has 0 heterocycles. The van der Waals surface area contributed by atoms with E-state index >= 15 is 0 Å². The molecule has 1 unspecified atom stereocenters. The molecule has 1 atom stereocenters. The van der Waals surface area contributed by atoms with Crippen LogP contribution in [0.5, 0.6) is 0 Å². The summed E-state index contributed by atoms with van der Waals surface area (Å²) in [5, 5.41) is 0.441. The summed E-state index contributed by atoms with van der Waals surface area (Å²) < 4.78 is 51.4. The smallest absolute Gasteiger partial charge is 0.318 e. The van der Waals surface area contributed by atoms with E-state index in [2.05, 4.69) is 0 Å². The summed E-state index contributed by atoms with van der Waals surface area (Å²) in [6, 6.07) is 9.27. The van der Waals surface area contributed by atoms with Gasteiger partial charge in [-0.3, -0.25) is 0 Å². The summed E-state index contributed by atoms with van der Waals surface area (Å²) in [6.45, 7) is 1.58. The van der Waals surface area contributed by atoms with E-state index in [1.165, 1.54) is 6.07 Å². The van der Waals surface area contributed by atoms with Gasteiger partial charge in [0, 0.05) is 5.02 Å². The van der Waals surface area contributed by atoms with E-state index in [4.69, 9.17) is 17.3 Å². The zero-order valence-electron chi connectivity index (χ0n) is 11.0. The lowest BCUT2D eigenvalue weighted by Crippen LogP contribution is -2.34. The zero-order valence-corrected chi connectivity index (χ0v) is 11.8. The highest BCUT2D eigenvalue weighted by molar-refractivity contribution is 6.30. The molecule has 0 aromatic heterocycles. The predicted molar refractivity (Wildman–Crippen MR) is 73.5 cm³/mol. The van der Waals surface area contributed by atoms with E-state index in [0.717, 1.165) is 6.07 Å². The van der Waals surface area contributed by atoms with Crippen LogP contribution in [0, 0.1) is 5.82 Å². The summed E-state index contributed by atoms with van der Waals surface area (Å²) >= 11 is 5.88. The highest BCUT2D eigenvalue weighted by Gasteiger charge is 2.35. The third kappa shape index (κ3) is 3.19. The van der Waals surface area contributed by atoms with Crippen LogP contribution >= 0.6 is 11.6 Å². The van der Waals surface area contributed by atoms with Gasteiger partial charge in [-0.25, -0.2) is 4.39 Å². The predicted octanol–water partition coefficient (Wildman–Crippen LogP) is 4.72. The highest BCUT2D eigenvalue weighted by Crippen LogP contribution is 2.34. The monoisotopic (exact) mass is 317 g/mol. The lowest BCUT2D eigenvalue weighted by Gasteiger charge is -2.26. The Bertz CT molecular complexity index is 665. The number of alkyl halides is 3. The van der Waals surface area contributed by atoms with Crippen molar-refractivity contribution >= 4 is 11.6 Å². The highest BCUT2D eigenvalue weighted by atomic mass is 35.5. The molecular weight excluding hydrogens is 306 g/mol. The molecule has 0 radical (unpaired) electrons. The average molecular weight is 318 g/mol. The maximum atomic E-state index is 13.7. The Hall–Kier alpha value is -1.59. The Morgan fingerprint density at radius 2 is 1.62 bits per heavy atom. The van der Waals surface area contributed by atoms with Crippen LogP contribution in [-0.2, 0) is 11.7 Å². The minimum absolute atomic E-state index is 0.232. The van der Waals surface area contributed by atoms with E-state index in [0.29, 0.717) is 16.7 Å². The Balaban J connectivity index is 2.49. The Labute approximate surface area is 124 Å². The van der Waals surface area contributed by atoms with E-state index in [1.807, 2.05) is 0 Å². The molecule has 2 aromatic rings. The van der Waals surface area contributed by atoms with Crippen molar-refractivity contribution in [3.05, 3.63) is 70.0 Å². The largest absolute Gasteiger partial charge is 0.419 e. The first-order valence-electron chi connectivity index (χ1n) is 6.04. The zero-order chi connectivity index (χ0) is 15.8. The number of rotatable bonds is 2. The summed E-state index contributed by atoms with van der Waals surface area (Å²) in [5.74, 6) is -1.35. The van der Waals surface area contributed by atoms with Crippen molar-refractivity contribution in [1.29, 1.82) is 0 Å². The Kier molecular flexibility index (Phi) is 4.00. The molecule has 6 heteroatoms. The van der Waals surface area contributed by atoms with Gasteiger partial charge in [0.25, 0.3) is 0 Å². The van der Waals surface area contributed by atoms with Gasteiger partial charge in [-0.2, -0.15) is 13.2 Å². The van der Waals surface area contributed by atoms with Crippen molar-refractivity contribution in [3.63, 3.8) is 0 Å². The first kappa shape index (κ1) is 15.8. The molecule has 0 saturated heterocycles. The summed E-state index contributed by atoms with van der Waals surface area (Å²) in [5.41, 5.74) is 4.49. The van der Waals surface area contributed by atoms with Crippen LogP contribution in [0.4, 0.5) is 17.6 Å². The molecule has 0 bridgehead atoms. The number of nitrogens with two attached hydrogens (primary N) is 1. The molecule has 1 nitrogen and oxygen atoms in total. The summed E-state index contributed by atoms with van der Waals surface area (Å²) in [7, 11) is 0. The van der Waals surface area contributed by atoms with Crippen LogP contribution in [0.25, 0.3) is 0 Å². The van der Waals surface area contributed by atoms with Crippen molar-refractivity contribution in [2.75, 3.05) is 0 Å². The molecule has 21 heavy (non-hydrogen) atoms.